The van der Waals surface area contributed by atoms with Gasteiger partial charge in [0.1, 0.15) is 23.5 Å². The van der Waals surface area contributed by atoms with Gasteiger partial charge in [0.25, 0.3) is 0 Å². The first-order valence-corrected chi connectivity index (χ1v) is 6.98. The number of hydrogen-bond acceptors (Lipinski definition) is 2. The smallest absolute Gasteiger partial charge is 0.127 e. The predicted octanol–water partition coefficient (Wildman–Crippen LogP) is 4.06. The molecule has 2 nitrogen and oxygen atoms in total. The molecule has 0 aromatic heterocycles. The van der Waals surface area contributed by atoms with Crippen LogP contribution in [-0.2, 0) is 0 Å². The molecule has 0 saturated carbocycles. The Morgan fingerprint density at radius 3 is 2.38 bits per heavy atom. The van der Waals surface area contributed by atoms with Crippen molar-refractivity contribution in [2.75, 3.05) is 7.05 Å². The number of fused-ring (bicyclic) bond motifs is 1. The zero-order valence-electron chi connectivity index (χ0n) is 12.0. The highest BCUT2D eigenvalue weighted by molar-refractivity contribution is 5.41. The molecular weight excluding hydrogens is 272 g/mol. The van der Waals surface area contributed by atoms with Crippen LogP contribution in [0.1, 0.15) is 35.3 Å². The molecular formula is C17H17F2NO. The van der Waals surface area contributed by atoms with Gasteiger partial charge in [0, 0.05) is 24.1 Å². The predicted molar refractivity (Wildman–Crippen MR) is 77.3 cm³/mol. The maximum Gasteiger partial charge on any atom is 0.127 e. The van der Waals surface area contributed by atoms with Gasteiger partial charge in [0.15, 0.2) is 0 Å². The molecule has 2 atom stereocenters. The monoisotopic (exact) mass is 289 g/mol. The van der Waals surface area contributed by atoms with Crippen molar-refractivity contribution in [3.63, 3.8) is 0 Å². The van der Waals surface area contributed by atoms with E-state index in [4.69, 9.17) is 4.74 Å². The zero-order valence-corrected chi connectivity index (χ0v) is 12.0. The lowest BCUT2D eigenvalue weighted by molar-refractivity contribution is 0.152. The summed E-state index contributed by atoms with van der Waals surface area (Å²) in [6.07, 6.45) is 0.513. The first-order valence-electron chi connectivity index (χ1n) is 6.98. The molecule has 0 radical (unpaired) electrons. The quantitative estimate of drug-likeness (QED) is 0.900. The van der Waals surface area contributed by atoms with Gasteiger partial charge in [-0.05, 0) is 43.3 Å². The van der Waals surface area contributed by atoms with E-state index < -0.39 is 0 Å². The van der Waals surface area contributed by atoms with Crippen LogP contribution in [0.25, 0.3) is 0 Å². The summed E-state index contributed by atoms with van der Waals surface area (Å²) in [7, 11) is 1.87. The number of aryl methyl sites for hydroxylation is 1. The Morgan fingerprint density at radius 1 is 1.05 bits per heavy atom. The van der Waals surface area contributed by atoms with E-state index in [9.17, 15) is 8.78 Å². The van der Waals surface area contributed by atoms with Crippen LogP contribution in [0.2, 0.25) is 0 Å². The van der Waals surface area contributed by atoms with Gasteiger partial charge >= 0.3 is 0 Å². The van der Waals surface area contributed by atoms with Gasteiger partial charge in [0.2, 0.25) is 0 Å². The minimum Gasteiger partial charge on any atom is -0.485 e. The molecule has 2 aromatic carbocycles. The van der Waals surface area contributed by atoms with E-state index in [1.807, 2.05) is 14.0 Å². The summed E-state index contributed by atoms with van der Waals surface area (Å²) in [6.45, 7) is 1.86. The maximum absolute atomic E-state index is 13.4. The summed E-state index contributed by atoms with van der Waals surface area (Å²) >= 11 is 0. The molecule has 1 aliphatic heterocycles. The van der Waals surface area contributed by atoms with Gasteiger partial charge in [0.05, 0.1) is 0 Å². The van der Waals surface area contributed by atoms with Crippen molar-refractivity contribution in [3.8, 4) is 5.75 Å². The van der Waals surface area contributed by atoms with Crippen molar-refractivity contribution in [2.24, 2.45) is 0 Å². The summed E-state index contributed by atoms with van der Waals surface area (Å²) in [4.78, 5) is 0. The SMILES string of the molecule is CNC1CC(c2ccc(F)cc2C)Oc2cc(F)ccc21. The third kappa shape index (κ3) is 2.63. The Bertz CT molecular complexity index is 672. The second-order valence-corrected chi connectivity index (χ2v) is 5.37. The van der Waals surface area contributed by atoms with E-state index in [2.05, 4.69) is 5.32 Å². The topological polar surface area (TPSA) is 21.3 Å². The Labute approximate surface area is 122 Å². The number of halogens is 2. The fourth-order valence-corrected chi connectivity index (χ4v) is 2.90. The molecule has 1 heterocycles. The molecule has 4 heteroatoms. The van der Waals surface area contributed by atoms with Crippen LogP contribution >= 0.6 is 0 Å². The normalized spacial score (nSPS) is 20.8. The van der Waals surface area contributed by atoms with Crippen LogP contribution in [0.4, 0.5) is 8.78 Å². The van der Waals surface area contributed by atoms with E-state index in [0.29, 0.717) is 5.75 Å². The molecule has 2 unspecified atom stereocenters. The van der Waals surface area contributed by atoms with Gasteiger partial charge in [-0.2, -0.15) is 0 Å². The Morgan fingerprint density at radius 2 is 1.71 bits per heavy atom. The summed E-state index contributed by atoms with van der Waals surface area (Å²) in [5.74, 6) is -0.0296. The van der Waals surface area contributed by atoms with Crippen molar-refractivity contribution in [1.82, 2.24) is 5.32 Å². The average molecular weight is 289 g/mol. The number of rotatable bonds is 2. The maximum atomic E-state index is 13.4. The van der Waals surface area contributed by atoms with Crippen molar-refractivity contribution in [2.45, 2.75) is 25.5 Å². The molecule has 110 valence electrons. The average Bonchev–Trinajstić information content (AvgIpc) is 2.45. The first kappa shape index (κ1) is 14.0. The number of benzene rings is 2. The van der Waals surface area contributed by atoms with Crippen molar-refractivity contribution in [3.05, 3.63) is 64.7 Å². The number of hydrogen-bond donors (Lipinski definition) is 1. The van der Waals surface area contributed by atoms with Crippen LogP contribution in [0.5, 0.6) is 5.75 Å². The second-order valence-electron chi connectivity index (χ2n) is 5.37. The molecule has 0 saturated heterocycles. The molecule has 0 aliphatic carbocycles. The Balaban J connectivity index is 1.99. The third-order valence-corrected chi connectivity index (χ3v) is 4.00. The molecule has 2 aromatic rings. The van der Waals surface area contributed by atoms with Crippen LogP contribution < -0.4 is 10.1 Å². The van der Waals surface area contributed by atoms with Crippen LogP contribution in [0.3, 0.4) is 0 Å². The standard InChI is InChI=1S/C17H17F2NO/c1-10-7-11(18)3-5-13(10)17-9-15(20-2)14-6-4-12(19)8-16(14)21-17/h3-8,15,17,20H,9H2,1-2H3. The molecule has 0 bridgehead atoms. The van der Waals surface area contributed by atoms with E-state index >= 15 is 0 Å². The van der Waals surface area contributed by atoms with Gasteiger partial charge in [-0.25, -0.2) is 8.78 Å². The Hall–Kier alpha value is -1.94. The molecule has 21 heavy (non-hydrogen) atoms. The minimum atomic E-state index is -0.319. The Kier molecular flexibility index (Phi) is 3.64. The van der Waals surface area contributed by atoms with Crippen molar-refractivity contribution in [1.29, 1.82) is 0 Å². The van der Waals surface area contributed by atoms with Crippen LogP contribution in [0, 0.1) is 18.6 Å². The summed E-state index contributed by atoms with van der Waals surface area (Å²) < 4.78 is 32.6. The van der Waals surface area contributed by atoms with E-state index in [1.54, 1.807) is 12.1 Å². The van der Waals surface area contributed by atoms with Crippen LogP contribution in [0.15, 0.2) is 36.4 Å². The fraction of sp³-hybridized carbons (Fsp3) is 0.294. The molecule has 0 spiro atoms. The van der Waals surface area contributed by atoms with E-state index in [1.165, 1.54) is 24.3 Å². The number of nitrogens with one attached hydrogen (secondary N) is 1. The van der Waals surface area contributed by atoms with Crippen LogP contribution in [-0.4, -0.2) is 7.05 Å². The first-order chi connectivity index (χ1) is 10.1. The van der Waals surface area contributed by atoms with E-state index in [-0.39, 0.29) is 23.8 Å². The molecule has 1 aliphatic rings. The van der Waals surface area contributed by atoms with Gasteiger partial charge in [-0.1, -0.05) is 12.1 Å². The molecule has 1 N–H and O–H groups in total. The summed E-state index contributed by atoms with van der Waals surface area (Å²) in [5.41, 5.74) is 2.73. The minimum absolute atomic E-state index is 0.0869. The highest BCUT2D eigenvalue weighted by atomic mass is 19.1. The lowest BCUT2D eigenvalue weighted by Gasteiger charge is -2.33. The van der Waals surface area contributed by atoms with Gasteiger partial charge in [-0.3, -0.25) is 0 Å². The lowest BCUT2D eigenvalue weighted by atomic mass is 9.91. The summed E-state index contributed by atoms with van der Waals surface area (Å²) in [5, 5.41) is 3.23. The largest absolute Gasteiger partial charge is 0.485 e. The van der Waals surface area contributed by atoms with Gasteiger partial charge in [-0.15, -0.1) is 0 Å². The lowest BCUT2D eigenvalue weighted by Crippen LogP contribution is -2.27. The van der Waals surface area contributed by atoms with Crippen molar-refractivity contribution < 1.29 is 13.5 Å². The molecule has 3 rings (SSSR count). The molecule has 0 fully saturated rings. The van der Waals surface area contributed by atoms with E-state index in [0.717, 1.165) is 23.1 Å². The fourth-order valence-electron chi connectivity index (χ4n) is 2.90. The van der Waals surface area contributed by atoms with Crippen molar-refractivity contribution >= 4 is 0 Å². The highest BCUT2D eigenvalue weighted by Gasteiger charge is 2.29. The number of ether oxygens (including phenoxy) is 1. The zero-order chi connectivity index (χ0) is 15.0. The summed E-state index contributed by atoms with van der Waals surface area (Å²) in [6, 6.07) is 9.35. The molecule has 0 amide bonds. The highest BCUT2D eigenvalue weighted by Crippen LogP contribution is 2.41. The van der Waals surface area contributed by atoms with Gasteiger partial charge < -0.3 is 10.1 Å². The third-order valence-electron chi connectivity index (χ3n) is 4.00. The second kappa shape index (κ2) is 5.45.